The number of hydrogen-bond acceptors (Lipinski definition) is 5. The van der Waals surface area contributed by atoms with Crippen LogP contribution in [0.4, 0.5) is 0 Å². The molecule has 17 heavy (non-hydrogen) atoms. The first-order valence-electron chi connectivity index (χ1n) is 5.07. The van der Waals surface area contributed by atoms with Crippen LogP contribution in [0.5, 0.6) is 0 Å². The number of nitrogens with zero attached hydrogens (tertiary/aromatic N) is 2. The third-order valence-corrected chi connectivity index (χ3v) is 2.60. The van der Waals surface area contributed by atoms with Crippen molar-refractivity contribution >= 4 is 11.8 Å². The Labute approximate surface area is 104 Å². The smallest absolute Gasteiger partial charge is 0.277 e. The summed E-state index contributed by atoms with van der Waals surface area (Å²) in [7, 11) is 0. The second kappa shape index (κ2) is 6.09. The number of rotatable bonds is 3. The topological polar surface area (TPSA) is 64.9 Å². The summed E-state index contributed by atoms with van der Waals surface area (Å²) >= 11 is 1.41. The predicted octanol–water partition coefficient (Wildman–Crippen LogP) is 1.67. The molecule has 0 atom stereocenters. The Morgan fingerprint density at radius 3 is 2.76 bits per heavy atom. The van der Waals surface area contributed by atoms with E-state index >= 15 is 0 Å². The van der Waals surface area contributed by atoms with Crippen LogP contribution in [0.3, 0.4) is 0 Å². The third-order valence-electron chi connectivity index (χ3n) is 1.90. The molecule has 0 bridgehead atoms. The number of hydrogen-bond donors (Lipinski definition) is 1. The molecule has 4 nitrogen and oxygen atoms in total. The predicted molar refractivity (Wildman–Crippen MR) is 66.2 cm³/mol. The molecule has 0 aliphatic heterocycles. The average molecular weight is 245 g/mol. The lowest BCUT2D eigenvalue weighted by molar-refractivity contribution is 0.415. The highest BCUT2D eigenvalue weighted by Crippen LogP contribution is 2.14. The molecular formula is C12H11N3OS. The number of thioether (sulfide) groups is 1. The first-order chi connectivity index (χ1) is 8.38. The molecule has 2 aromatic rings. The second-order valence-electron chi connectivity index (χ2n) is 3.12. The quantitative estimate of drug-likeness (QED) is 0.658. The lowest BCUT2D eigenvalue weighted by Crippen LogP contribution is -1.95. The minimum Gasteiger partial charge on any atom is -0.415 e. The summed E-state index contributed by atoms with van der Waals surface area (Å²) in [4.78, 5) is 0. The van der Waals surface area contributed by atoms with Crippen molar-refractivity contribution in [1.29, 1.82) is 0 Å². The van der Waals surface area contributed by atoms with E-state index in [4.69, 9.17) is 10.2 Å². The Morgan fingerprint density at radius 1 is 1.24 bits per heavy atom. The number of benzene rings is 1. The molecule has 1 aromatic carbocycles. The molecule has 0 saturated heterocycles. The first-order valence-corrected chi connectivity index (χ1v) is 6.06. The van der Waals surface area contributed by atoms with E-state index in [2.05, 4.69) is 22.0 Å². The number of aromatic nitrogens is 2. The molecule has 1 heterocycles. The molecule has 0 saturated carbocycles. The standard InChI is InChI=1S/C12H11N3OS/c13-9-11-14-15-12(16-11)17-8-4-7-10-5-2-1-3-6-10/h1-3,5-6H,8-9,13H2. The highest BCUT2D eigenvalue weighted by Gasteiger charge is 2.02. The Morgan fingerprint density at radius 2 is 2.06 bits per heavy atom. The van der Waals surface area contributed by atoms with Crippen molar-refractivity contribution in [3.8, 4) is 11.8 Å². The fraction of sp³-hybridized carbons (Fsp3) is 0.167. The summed E-state index contributed by atoms with van der Waals surface area (Å²) in [6.45, 7) is 0.267. The van der Waals surface area contributed by atoms with Gasteiger partial charge >= 0.3 is 0 Å². The van der Waals surface area contributed by atoms with Crippen molar-refractivity contribution in [3.63, 3.8) is 0 Å². The van der Waals surface area contributed by atoms with Crippen LogP contribution in [0.15, 0.2) is 40.0 Å². The maximum atomic E-state index is 5.36. The van der Waals surface area contributed by atoms with E-state index in [-0.39, 0.29) is 6.54 Å². The van der Waals surface area contributed by atoms with Crippen LogP contribution in [-0.4, -0.2) is 16.0 Å². The molecule has 0 amide bonds. The van der Waals surface area contributed by atoms with Gasteiger partial charge in [0.25, 0.3) is 5.22 Å². The summed E-state index contributed by atoms with van der Waals surface area (Å²) in [5.41, 5.74) is 6.36. The SMILES string of the molecule is NCc1nnc(SCC#Cc2ccccc2)o1. The maximum absolute atomic E-state index is 5.36. The molecule has 2 rings (SSSR count). The fourth-order valence-electron chi connectivity index (χ4n) is 1.14. The Hall–Kier alpha value is -1.77. The van der Waals surface area contributed by atoms with Crippen LogP contribution in [-0.2, 0) is 6.54 Å². The average Bonchev–Trinajstić information content (AvgIpc) is 2.84. The largest absolute Gasteiger partial charge is 0.415 e. The lowest BCUT2D eigenvalue weighted by Gasteiger charge is -1.88. The van der Waals surface area contributed by atoms with E-state index in [1.807, 2.05) is 30.3 Å². The Balaban J connectivity index is 1.86. The lowest BCUT2D eigenvalue weighted by atomic mass is 10.2. The van der Waals surface area contributed by atoms with Crippen molar-refractivity contribution in [2.75, 3.05) is 5.75 Å². The van der Waals surface area contributed by atoms with Gasteiger partial charge in [0.15, 0.2) is 0 Å². The molecule has 86 valence electrons. The van der Waals surface area contributed by atoms with Gasteiger partial charge in [0.05, 0.1) is 12.3 Å². The van der Waals surface area contributed by atoms with Crippen LogP contribution >= 0.6 is 11.8 Å². The highest BCUT2D eigenvalue weighted by atomic mass is 32.2. The molecule has 2 N–H and O–H groups in total. The normalized spacial score (nSPS) is 9.71. The van der Waals surface area contributed by atoms with Gasteiger partial charge in [-0.1, -0.05) is 41.8 Å². The summed E-state index contributed by atoms with van der Waals surface area (Å²) in [5.74, 6) is 7.14. The molecular weight excluding hydrogens is 234 g/mol. The zero-order valence-corrected chi connectivity index (χ0v) is 9.91. The van der Waals surface area contributed by atoms with Crippen LogP contribution in [0.25, 0.3) is 0 Å². The Kier molecular flexibility index (Phi) is 4.19. The minimum atomic E-state index is 0.267. The fourth-order valence-corrected chi connectivity index (χ4v) is 1.66. The van der Waals surface area contributed by atoms with E-state index in [0.717, 1.165) is 5.56 Å². The maximum Gasteiger partial charge on any atom is 0.277 e. The zero-order chi connectivity index (χ0) is 11.9. The second-order valence-corrected chi connectivity index (χ2v) is 4.05. The van der Waals surface area contributed by atoms with Gasteiger partial charge in [0.2, 0.25) is 5.89 Å². The molecule has 0 spiro atoms. The molecule has 0 fully saturated rings. The van der Waals surface area contributed by atoms with Crippen molar-refractivity contribution in [2.45, 2.75) is 11.8 Å². The van der Waals surface area contributed by atoms with Gasteiger partial charge in [-0.3, -0.25) is 0 Å². The molecule has 0 aliphatic rings. The first kappa shape index (κ1) is 11.7. The summed E-state index contributed by atoms with van der Waals surface area (Å²) in [6.07, 6.45) is 0. The van der Waals surface area contributed by atoms with Gasteiger partial charge < -0.3 is 10.2 Å². The van der Waals surface area contributed by atoms with Gasteiger partial charge in [-0.05, 0) is 12.1 Å². The van der Waals surface area contributed by atoms with Gasteiger partial charge in [0, 0.05) is 5.56 Å². The van der Waals surface area contributed by atoms with Gasteiger partial charge in [-0.25, -0.2) is 0 Å². The van der Waals surface area contributed by atoms with E-state index in [9.17, 15) is 0 Å². The van der Waals surface area contributed by atoms with Gasteiger partial charge in [-0.15, -0.1) is 10.2 Å². The molecule has 0 unspecified atom stereocenters. The summed E-state index contributed by atoms with van der Waals surface area (Å²) in [6, 6.07) is 9.83. The molecule has 0 aliphatic carbocycles. The number of nitrogens with two attached hydrogens (primary N) is 1. The van der Waals surface area contributed by atoms with Crippen molar-refractivity contribution in [3.05, 3.63) is 41.8 Å². The molecule has 0 radical (unpaired) electrons. The van der Waals surface area contributed by atoms with Crippen LogP contribution in [0.1, 0.15) is 11.5 Å². The van der Waals surface area contributed by atoms with Crippen LogP contribution in [0, 0.1) is 11.8 Å². The van der Waals surface area contributed by atoms with Crippen molar-refractivity contribution < 1.29 is 4.42 Å². The van der Waals surface area contributed by atoms with Gasteiger partial charge in [-0.2, -0.15) is 0 Å². The van der Waals surface area contributed by atoms with Crippen molar-refractivity contribution in [1.82, 2.24) is 10.2 Å². The molecule has 1 aromatic heterocycles. The Bertz CT molecular complexity index is 527. The van der Waals surface area contributed by atoms with Crippen molar-refractivity contribution in [2.24, 2.45) is 5.73 Å². The van der Waals surface area contributed by atoms with E-state index < -0.39 is 0 Å². The highest BCUT2D eigenvalue weighted by molar-refractivity contribution is 7.99. The minimum absolute atomic E-state index is 0.267. The monoisotopic (exact) mass is 245 g/mol. The zero-order valence-electron chi connectivity index (χ0n) is 9.09. The molecule has 5 heteroatoms. The van der Waals surface area contributed by atoms with Crippen LogP contribution < -0.4 is 5.73 Å². The van der Waals surface area contributed by atoms with E-state index in [0.29, 0.717) is 16.9 Å². The van der Waals surface area contributed by atoms with Gasteiger partial charge in [0.1, 0.15) is 0 Å². The summed E-state index contributed by atoms with van der Waals surface area (Å²) < 4.78 is 5.23. The van der Waals surface area contributed by atoms with E-state index in [1.165, 1.54) is 11.8 Å². The summed E-state index contributed by atoms with van der Waals surface area (Å²) in [5, 5.41) is 8.10. The third kappa shape index (κ3) is 3.63. The van der Waals surface area contributed by atoms with E-state index in [1.54, 1.807) is 0 Å². The van der Waals surface area contributed by atoms with Crippen LogP contribution in [0.2, 0.25) is 0 Å².